The zero-order valence-electron chi connectivity index (χ0n) is 11.8. The number of hydrogen-bond acceptors (Lipinski definition) is 4. The van der Waals surface area contributed by atoms with Crippen LogP contribution in [0.25, 0.3) is 0 Å². The lowest BCUT2D eigenvalue weighted by atomic mass is 10.2. The molecule has 0 atom stereocenters. The van der Waals surface area contributed by atoms with Crippen LogP contribution in [-0.4, -0.2) is 24.0 Å². The summed E-state index contributed by atoms with van der Waals surface area (Å²) in [6, 6.07) is 11.3. The second-order valence-corrected chi connectivity index (χ2v) is 4.56. The number of benzene rings is 1. The summed E-state index contributed by atoms with van der Waals surface area (Å²) in [6.45, 7) is 0.956. The molecule has 2 rings (SSSR count). The lowest BCUT2D eigenvalue weighted by molar-refractivity contribution is -0.123. The number of amides is 1. The van der Waals surface area contributed by atoms with E-state index in [4.69, 9.17) is 10.5 Å². The molecule has 0 aliphatic heterocycles. The average Bonchev–Trinajstić information content (AvgIpc) is 2.54. The number of carbonyl (C=O) groups is 1. The van der Waals surface area contributed by atoms with Crippen LogP contribution in [0.5, 0.6) is 5.75 Å². The molecule has 5 nitrogen and oxygen atoms in total. The third-order valence-corrected chi connectivity index (χ3v) is 3.04. The number of hydrogen-bond donors (Lipinski definition) is 2. The molecule has 5 heteroatoms. The number of aromatic nitrogens is 1. The second kappa shape index (κ2) is 8.01. The largest absolute Gasteiger partial charge is 0.483 e. The van der Waals surface area contributed by atoms with Crippen molar-refractivity contribution in [2.75, 3.05) is 13.2 Å². The summed E-state index contributed by atoms with van der Waals surface area (Å²) >= 11 is 0. The van der Waals surface area contributed by atoms with Crippen LogP contribution in [0.3, 0.4) is 0 Å². The van der Waals surface area contributed by atoms with Crippen molar-refractivity contribution in [3.8, 4) is 5.75 Å². The van der Waals surface area contributed by atoms with Gasteiger partial charge in [0.05, 0.1) is 0 Å². The van der Waals surface area contributed by atoms with Gasteiger partial charge in [0.2, 0.25) is 0 Å². The molecule has 0 aliphatic rings. The van der Waals surface area contributed by atoms with E-state index in [0.717, 1.165) is 17.5 Å². The van der Waals surface area contributed by atoms with Crippen molar-refractivity contribution in [1.82, 2.24) is 10.3 Å². The Kier molecular flexibility index (Phi) is 5.72. The van der Waals surface area contributed by atoms with Crippen molar-refractivity contribution in [2.45, 2.75) is 13.0 Å². The molecule has 0 radical (unpaired) electrons. The number of rotatable bonds is 7. The van der Waals surface area contributed by atoms with E-state index in [-0.39, 0.29) is 12.5 Å². The molecule has 0 fully saturated rings. The van der Waals surface area contributed by atoms with Gasteiger partial charge < -0.3 is 15.8 Å². The number of pyridine rings is 1. The highest BCUT2D eigenvalue weighted by atomic mass is 16.5. The van der Waals surface area contributed by atoms with Crippen molar-refractivity contribution in [2.24, 2.45) is 5.73 Å². The van der Waals surface area contributed by atoms with Crippen molar-refractivity contribution >= 4 is 5.91 Å². The normalized spacial score (nSPS) is 10.1. The molecule has 1 aromatic heterocycles. The minimum atomic E-state index is -0.143. The molecule has 1 amide bonds. The molecule has 0 aliphatic carbocycles. The molecule has 0 saturated heterocycles. The summed E-state index contributed by atoms with van der Waals surface area (Å²) in [5, 5.41) is 2.82. The van der Waals surface area contributed by atoms with Crippen molar-refractivity contribution in [1.29, 1.82) is 0 Å². The summed E-state index contributed by atoms with van der Waals surface area (Å²) in [5.74, 6) is 0.514. The minimum Gasteiger partial charge on any atom is -0.483 e. The zero-order chi connectivity index (χ0) is 14.9. The van der Waals surface area contributed by atoms with Gasteiger partial charge >= 0.3 is 0 Å². The topological polar surface area (TPSA) is 77.2 Å². The molecule has 0 spiro atoms. The predicted molar refractivity (Wildman–Crippen MR) is 80.8 cm³/mol. The van der Waals surface area contributed by atoms with Crippen LogP contribution in [0, 0.1) is 0 Å². The van der Waals surface area contributed by atoms with Crippen LogP contribution < -0.4 is 15.8 Å². The molecule has 1 aromatic carbocycles. The zero-order valence-corrected chi connectivity index (χ0v) is 11.8. The first-order chi connectivity index (χ1) is 10.3. The van der Waals surface area contributed by atoms with Gasteiger partial charge in [-0.25, -0.2) is 0 Å². The van der Waals surface area contributed by atoms with E-state index in [2.05, 4.69) is 10.3 Å². The molecule has 0 bridgehead atoms. The maximum absolute atomic E-state index is 11.7. The van der Waals surface area contributed by atoms with Crippen LogP contribution >= 0.6 is 0 Å². The first-order valence-electron chi connectivity index (χ1n) is 6.86. The van der Waals surface area contributed by atoms with E-state index in [1.807, 2.05) is 36.4 Å². The standard InChI is InChI=1S/C16H19N3O2/c17-11-14-3-1-2-4-15(14)21-12-16(20)19-10-7-13-5-8-18-9-6-13/h1-6,8-9H,7,10-12,17H2,(H,19,20). The van der Waals surface area contributed by atoms with Gasteiger partial charge in [0.1, 0.15) is 5.75 Å². The fourth-order valence-electron chi connectivity index (χ4n) is 1.90. The van der Waals surface area contributed by atoms with Crippen molar-refractivity contribution in [3.63, 3.8) is 0 Å². The number of para-hydroxylation sites is 1. The first kappa shape index (κ1) is 15.0. The smallest absolute Gasteiger partial charge is 0.257 e. The Morgan fingerprint density at radius 2 is 1.95 bits per heavy atom. The van der Waals surface area contributed by atoms with Crippen LogP contribution in [0.15, 0.2) is 48.8 Å². The van der Waals surface area contributed by atoms with E-state index in [0.29, 0.717) is 18.8 Å². The molecule has 2 aromatic rings. The van der Waals surface area contributed by atoms with Crippen molar-refractivity contribution < 1.29 is 9.53 Å². The van der Waals surface area contributed by atoms with E-state index < -0.39 is 0 Å². The molecular weight excluding hydrogens is 266 g/mol. The fraction of sp³-hybridized carbons (Fsp3) is 0.250. The van der Waals surface area contributed by atoms with Gasteiger partial charge in [0.25, 0.3) is 5.91 Å². The molecule has 21 heavy (non-hydrogen) atoms. The number of carbonyl (C=O) groups excluding carboxylic acids is 1. The molecule has 3 N–H and O–H groups in total. The van der Waals surface area contributed by atoms with Crippen molar-refractivity contribution in [3.05, 3.63) is 59.9 Å². The minimum absolute atomic E-state index is 0.00659. The fourth-order valence-corrected chi connectivity index (χ4v) is 1.90. The maximum Gasteiger partial charge on any atom is 0.257 e. The maximum atomic E-state index is 11.7. The summed E-state index contributed by atoms with van der Waals surface area (Å²) in [6.07, 6.45) is 4.25. The second-order valence-electron chi connectivity index (χ2n) is 4.56. The number of nitrogens with one attached hydrogen (secondary N) is 1. The van der Waals surface area contributed by atoms with Gasteiger partial charge in [0, 0.05) is 31.0 Å². The third kappa shape index (κ3) is 4.89. The monoisotopic (exact) mass is 285 g/mol. The van der Waals surface area contributed by atoms with Crippen LogP contribution in [0.1, 0.15) is 11.1 Å². The third-order valence-electron chi connectivity index (χ3n) is 3.04. The van der Waals surface area contributed by atoms with Gasteiger partial charge in [-0.3, -0.25) is 9.78 Å². The van der Waals surface area contributed by atoms with Gasteiger partial charge in [-0.05, 0) is 30.2 Å². The van der Waals surface area contributed by atoms with E-state index in [9.17, 15) is 4.79 Å². The highest BCUT2D eigenvalue weighted by Crippen LogP contribution is 2.16. The highest BCUT2D eigenvalue weighted by molar-refractivity contribution is 5.77. The number of nitrogens with two attached hydrogens (primary N) is 1. The Morgan fingerprint density at radius 1 is 1.19 bits per heavy atom. The van der Waals surface area contributed by atoms with Crippen LogP contribution in [-0.2, 0) is 17.8 Å². The van der Waals surface area contributed by atoms with E-state index in [1.54, 1.807) is 12.4 Å². The highest BCUT2D eigenvalue weighted by Gasteiger charge is 2.05. The Balaban J connectivity index is 1.72. The summed E-state index contributed by atoms with van der Waals surface area (Å²) in [4.78, 5) is 15.7. The molecule has 110 valence electrons. The Bertz CT molecular complexity index is 573. The van der Waals surface area contributed by atoms with Gasteiger partial charge in [-0.15, -0.1) is 0 Å². The molecular formula is C16H19N3O2. The number of ether oxygens (including phenoxy) is 1. The number of nitrogens with zero attached hydrogens (tertiary/aromatic N) is 1. The Labute approximate surface area is 124 Å². The van der Waals surface area contributed by atoms with Gasteiger partial charge in [-0.2, -0.15) is 0 Å². The molecule has 0 saturated carbocycles. The summed E-state index contributed by atoms with van der Waals surface area (Å²) in [7, 11) is 0. The lowest BCUT2D eigenvalue weighted by Gasteiger charge is -2.10. The van der Waals surface area contributed by atoms with Crippen LogP contribution in [0.2, 0.25) is 0 Å². The summed E-state index contributed by atoms with van der Waals surface area (Å²) < 4.78 is 5.49. The van der Waals surface area contributed by atoms with Gasteiger partial charge in [0.15, 0.2) is 6.61 Å². The lowest BCUT2D eigenvalue weighted by Crippen LogP contribution is -2.30. The SMILES string of the molecule is NCc1ccccc1OCC(=O)NCCc1ccncc1. The first-order valence-corrected chi connectivity index (χ1v) is 6.86. The Hall–Kier alpha value is -2.40. The molecule has 1 heterocycles. The van der Waals surface area contributed by atoms with E-state index >= 15 is 0 Å². The van der Waals surface area contributed by atoms with E-state index in [1.165, 1.54) is 0 Å². The van der Waals surface area contributed by atoms with Crippen LogP contribution in [0.4, 0.5) is 0 Å². The predicted octanol–water partition coefficient (Wildman–Crippen LogP) is 1.28. The molecule has 0 unspecified atom stereocenters. The van der Waals surface area contributed by atoms with Gasteiger partial charge in [-0.1, -0.05) is 18.2 Å². The summed E-state index contributed by atoms with van der Waals surface area (Å²) in [5.41, 5.74) is 7.65. The average molecular weight is 285 g/mol. The quantitative estimate of drug-likeness (QED) is 0.803. The Morgan fingerprint density at radius 3 is 2.71 bits per heavy atom.